The Bertz CT molecular complexity index is 775. The number of ether oxygens (including phenoxy) is 1. The second-order valence-electron chi connectivity index (χ2n) is 6.63. The first-order valence-electron chi connectivity index (χ1n) is 8.88. The van der Waals surface area contributed by atoms with Crippen LogP contribution >= 0.6 is 22.6 Å². The van der Waals surface area contributed by atoms with Crippen LogP contribution < -0.4 is 10.2 Å². The van der Waals surface area contributed by atoms with Crippen LogP contribution in [-0.2, 0) is 4.74 Å². The van der Waals surface area contributed by atoms with Crippen molar-refractivity contribution in [1.29, 1.82) is 0 Å². The van der Waals surface area contributed by atoms with Gasteiger partial charge in [-0.3, -0.25) is 4.90 Å². The molecule has 26 heavy (non-hydrogen) atoms. The average Bonchev–Trinajstić information content (AvgIpc) is 3.01. The van der Waals surface area contributed by atoms with E-state index in [0.29, 0.717) is 36.9 Å². The predicted octanol–water partition coefficient (Wildman–Crippen LogP) is 3.46. The van der Waals surface area contributed by atoms with Crippen LogP contribution in [0.2, 0.25) is 0 Å². The molecule has 0 aromatic carbocycles. The van der Waals surface area contributed by atoms with Gasteiger partial charge in [-0.25, -0.2) is 14.3 Å². The first-order valence-corrected chi connectivity index (χ1v) is 9.96. The zero-order chi connectivity index (χ0) is 18.7. The number of amides is 1. The normalized spacial score (nSPS) is 16.6. The quantitative estimate of drug-likeness (QED) is 0.625. The van der Waals surface area contributed by atoms with Crippen LogP contribution in [0.4, 0.5) is 16.3 Å². The second kappa shape index (κ2) is 8.38. The van der Waals surface area contributed by atoms with Crippen LogP contribution in [0.15, 0.2) is 12.3 Å². The van der Waals surface area contributed by atoms with Crippen molar-refractivity contribution < 1.29 is 14.6 Å². The van der Waals surface area contributed by atoms with E-state index in [1.165, 1.54) is 4.90 Å². The van der Waals surface area contributed by atoms with Crippen LogP contribution in [0.5, 0.6) is 0 Å². The minimum absolute atomic E-state index is 0.239. The third-order valence-electron chi connectivity index (χ3n) is 4.72. The van der Waals surface area contributed by atoms with Crippen molar-refractivity contribution in [3.8, 4) is 0 Å². The van der Waals surface area contributed by atoms with Crippen molar-refractivity contribution in [2.45, 2.75) is 39.2 Å². The number of aromatic nitrogens is 3. The maximum atomic E-state index is 12.0. The molecule has 2 aromatic heterocycles. The molecule has 1 fully saturated rings. The molecule has 1 aliphatic heterocycles. The number of anilines is 2. The van der Waals surface area contributed by atoms with E-state index in [2.05, 4.69) is 51.8 Å². The lowest BCUT2D eigenvalue weighted by atomic mass is 9.99. The fourth-order valence-corrected chi connectivity index (χ4v) is 3.49. The average molecular weight is 473 g/mol. The molecule has 9 heteroatoms. The zero-order valence-electron chi connectivity index (χ0n) is 15.0. The van der Waals surface area contributed by atoms with Crippen LogP contribution in [0.25, 0.3) is 5.65 Å². The fourth-order valence-electron chi connectivity index (χ4n) is 3.02. The molecule has 1 unspecified atom stereocenters. The molecule has 2 aromatic rings. The van der Waals surface area contributed by atoms with Crippen LogP contribution in [-0.4, -0.2) is 51.6 Å². The molecular weight excluding hydrogens is 449 g/mol. The van der Waals surface area contributed by atoms with Gasteiger partial charge in [0.25, 0.3) is 0 Å². The number of hydrogen-bond acceptors (Lipinski definition) is 5. The topological polar surface area (TPSA) is 92.0 Å². The summed E-state index contributed by atoms with van der Waals surface area (Å²) < 4.78 is 7.92. The second-order valence-corrected chi connectivity index (χ2v) is 7.74. The monoisotopic (exact) mass is 473 g/mol. The van der Waals surface area contributed by atoms with Gasteiger partial charge in [-0.05, 0) is 54.7 Å². The highest BCUT2D eigenvalue weighted by molar-refractivity contribution is 14.1. The summed E-state index contributed by atoms with van der Waals surface area (Å²) in [6.45, 7) is 5.97. The van der Waals surface area contributed by atoms with Gasteiger partial charge in [-0.2, -0.15) is 0 Å². The molecule has 0 spiro atoms. The SMILES string of the molecule is CCC(C)Nc1cc(N(CC2CCOCC2)C(=O)O)c2ncc(I)n2n1. The Kier molecular flexibility index (Phi) is 6.17. The van der Waals surface area contributed by atoms with E-state index in [1.54, 1.807) is 16.8 Å². The summed E-state index contributed by atoms with van der Waals surface area (Å²) in [4.78, 5) is 17.8. The molecular formula is C17H24IN5O3. The molecule has 0 radical (unpaired) electrons. The number of halogens is 1. The highest BCUT2D eigenvalue weighted by atomic mass is 127. The number of fused-ring (bicyclic) bond motifs is 1. The Morgan fingerprint density at radius 1 is 1.54 bits per heavy atom. The molecule has 3 rings (SSSR count). The van der Waals surface area contributed by atoms with Gasteiger partial charge in [-0.15, -0.1) is 5.10 Å². The molecule has 1 atom stereocenters. The summed E-state index contributed by atoms with van der Waals surface area (Å²) >= 11 is 2.15. The van der Waals surface area contributed by atoms with Crippen molar-refractivity contribution in [3.05, 3.63) is 16.0 Å². The summed E-state index contributed by atoms with van der Waals surface area (Å²) in [5.41, 5.74) is 1.12. The molecule has 2 N–H and O–H groups in total. The van der Waals surface area contributed by atoms with E-state index in [-0.39, 0.29) is 12.0 Å². The number of nitrogens with zero attached hydrogens (tertiary/aromatic N) is 4. The number of hydrogen-bond donors (Lipinski definition) is 2. The lowest BCUT2D eigenvalue weighted by Gasteiger charge is -2.28. The Balaban J connectivity index is 1.99. The first kappa shape index (κ1) is 19.2. The smallest absolute Gasteiger partial charge is 0.411 e. The van der Waals surface area contributed by atoms with Crippen LogP contribution in [0.1, 0.15) is 33.1 Å². The minimum Gasteiger partial charge on any atom is -0.465 e. The van der Waals surface area contributed by atoms with E-state index in [4.69, 9.17) is 4.74 Å². The lowest BCUT2D eigenvalue weighted by molar-refractivity contribution is 0.0680. The molecule has 0 bridgehead atoms. The minimum atomic E-state index is -0.975. The van der Waals surface area contributed by atoms with Gasteiger partial charge >= 0.3 is 6.09 Å². The fraction of sp³-hybridized carbons (Fsp3) is 0.588. The molecule has 0 aliphatic carbocycles. The van der Waals surface area contributed by atoms with E-state index >= 15 is 0 Å². The zero-order valence-corrected chi connectivity index (χ0v) is 17.1. The van der Waals surface area contributed by atoms with Crippen LogP contribution in [0, 0.1) is 9.62 Å². The van der Waals surface area contributed by atoms with Crippen molar-refractivity contribution >= 4 is 45.8 Å². The Labute approximate surface area is 166 Å². The van der Waals surface area contributed by atoms with Crippen molar-refractivity contribution in [2.75, 3.05) is 30.0 Å². The predicted molar refractivity (Wildman–Crippen MR) is 108 cm³/mol. The molecule has 3 heterocycles. The number of nitrogens with one attached hydrogen (secondary N) is 1. The summed E-state index contributed by atoms with van der Waals surface area (Å²) in [6, 6.07) is 2.03. The number of imidazole rings is 1. The highest BCUT2D eigenvalue weighted by Crippen LogP contribution is 2.28. The van der Waals surface area contributed by atoms with Gasteiger partial charge in [0.1, 0.15) is 9.52 Å². The largest absolute Gasteiger partial charge is 0.465 e. The van der Waals surface area contributed by atoms with Crippen molar-refractivity contribution in [2.24, 2.45) is 5.92 Å². The van der Waals surface area contributed by atoms with E-state index in [1.807, 2.05) is 0 Å². The van der Waals surface area contributed by atoms with E-state index in [9.17, 15) is 9.90 Å². The summed E-state index contributed by atoms with van der Waals surface area (Å²) in [5, 5.41) is 17.8. The van der Waals surface area contributed by atoms with Crippen LogP contribution in [0.3, 0.4) is 0 Å². The maximum Gasteiger partial charge on any atom is 0.411 e. The standard InChI is InChI=1S/C17H24IN5O3/c1-3-11(2)20-15-8-13(16-19-9-14(18)23(16)21-15)22(17(24)25)10-12-4-6-26-7-5-12/h8-9,11-12H,3-7,10H2,1-2H3,(H,20,21)(H,24,25). The molecule has 1 amide bonds. The Hall–Kier alpha value is -1.62. The number of carbonyl (C=O) groups is 1. The first-order chi connectivity index (χ1) is 12.5. The van der Waals surface area contributed by atoms with Gasteiger partial charge in [0.2, 0.25) is 0 Å². The van der Waals surface area contributed by atoms with Crippen molar-refractivity contribution in [1.82, 2.24) is 14.6 Å². The van der Waals surface area contributed by atoms with Gasteiger partial charge < -0.3 is 15.2 Å². The molecule has 1 aliphatic rings. The summed E-state index contributed by atoms with van der Waals surface area (Å²) in [6.07, 6.45) is 3.41. The summed E-state index contributed by atoms with van der Waals surface area (Å²) in [7, 11) is 0. The van der Waals surface area contributed by atoms with Gasteiger partial charge in [0, 0.05) is 31.9 Å². The number of carboxylic acid groups (broad SMARTS) is 1. The number of rotatable bonds is 6. The Morgan fingerprint density at radius 3 is 2.92 bits per heavy atom. The van der Waals surface area contributed by atoms with E-state index in [0.717, 1.165) is 23.0 Å². The highest BCUT2D eigenvalue weighted by Gasteiger charge is 2.25. The Morgan fingerprint density at radius 2 is 2.27 bits per heavy atom. The van der Waals surface area contributed by atoms with E-state index < -0.39 is 6.09 Å². The van der Waals surface area contributed by atoms with Gasteiger partial charge in [-0.1, -0.05) is 6.92 Å². The molecule has 142 valence electrons. The molecule has 8 nitrogen and oxygen atoms in total. The van der Waals surface area contributed by atoms with Gasteiger partial charge in [0.05, 0.1) is 11.9 Å². The molecule has 0 saturated carbocycles. The molecule has 1 saturated heterocycles. The van der Waals surface area contributed by atoms with Gasteiger partial charge in [0.15, 0.2) is 5.65 Å². The lowest BCUT2D eigenvalue weighted by Crippen LogP contribution is -2.37. The third kappa shape index (κ3) is 4.20. The third-order valence-corrected chi connectivity index (χ3v) is 5.45. The van der Waals surface area contributed by atoms with Crippen molar-refractivity contribution in [3.63, 3.8) is 0 Å². The summed E-state index contributed by atoms with van der Waals surface area (Å²) in [5.74, 6) is 0.934. The maximum absolute atomic E-state index is 12.0.